The van der Waals surface area contributed by atoms with Crippen LogP contribution in [0.2, 0.25) is 5.02 Å². The number of benzene rings is 2. The molecule has 0 amide bonds. The van der Waals surface area contributed by atoms with E-state index in [1.54, 1.807) is 12.1 Å². The molecule has 92 valence electrons. The van der Waals surface area contributed by atoms with E-state index < -0.39 is 5.97 Å². The number of carboxylic acid groups (broad SMARTS) is 1. The van der Waals surface area contributed by atoms with E-state index >= 15 is 0 Å². The summed E-state index contributed by atoms with van der Waals surface area (Å²) in [5, 5.41) is 12.7. The zero-order valence-corrected chi connectivity index (χ0v) is 10.5. The second kappa shape index (κ2) is 5.10. The van der Waals surface area contributed by atoms with E-state index in [-0.39, 0.29) is 5.56 Å². The summed E-state index contributed by atoms with van der Waals surface area (Å²) in [7, 11) is 0. The van der Waals surface area contributed by atoms with Gasteiger partial charge >= 0.3 is 5.97 Å². The molecule has 2 aromatic rings. The summed E-state index contributed by atoms with van der Waals surface area (Å²) in [5.74, 6) is -1.01. The summed E-state index contributed by atoms with van der Waals surface area (Å²) in [4.78, 5) is 11.2. The monoisotopic (exact) mass is 261 g/mol. The zero-order valence-electron chi connectivity index (χ0n) is 9.77. The third-order valence-corrected chi connectivity index (χ3v) is 2.86. The number of aromatic carboxylic acids is 1. The van der Waals surface area contributed by atoms with Gasteiger partial charge in [0.2, 0.25) is 0 Å². The number of carboxylic acids is 1. The summed E-state index contributed by atoms with van der Waals surface area (Å²) in [6, 6.07) is 12.4. The number of aryl methyl sites for hydroxylation is 1. The first kappa shape index (κ1) is 12.5. The molecule has 4 heteroatoms. The minimum atomic E-state index is -1.01. The normalized spacial score (nSPS) is 10.1. The van der Waals surface area contributed by atoms with Gasteiger partial charge in [-0.2, -0.15) is 0 Å². The van der Waals surface area contributed by atoms with Gasteiger partial charge in [0.25, 0.3) is 0 Å². The Morgan fingerprint density at radius 3 is 2.56 bits per heavy atom. The Kier molecular flexibility index (Phi) is 3.53. The molecular formula is C14H12ClNO2. The van der Waals surface area contributed by atoms with Gasteiger partial charge in [-0.3, -0.25) is 0 Å². The molecule has 0 fully saturated rings. The zero-order chi connectivity index (χ0) is 13.1. The van der Waals surface area contributed by atoms with Crippen LogP contribution in [0.25, 0.3) is 0 Å². The Bertz CT molecular complexity index is 596. The van der Waals surface area contributed by atoms with E-state index in [1.807, 2.05) is 31.2 Å². The molecule has 3 nitrogen and oxygen atoms in total. The molecule has 0 bridgehead atoms. The van der Waals surface area contributed by atoms with Crippen molar-refractivity contribution in [2.45, 2.75) is 6.92 Å². The van der Waals surface area contributed by atoms with Gasteiger partial charge in [-0.1, -0.05) is 29.8 Å². The fraction of sp³-hybridized carbons (Fsp3) is 0.0714. The van der Waals surface area contributed by atoms with Gasteiger partial charge in [-0.25, -0.2) is 4.79 Å². The first-order chi connectivity index (χ1) is 8.58. The molecule has 18 heavy (non-hydrogen) atoms. The summed E-state index contributed by atoms with van der Waals surface area (Å²) in [6.45, 7) is 1.96. The molecule has 0 saturated carbocycles. The van der Waals surface area contributed by atoms with Crippen molar-refractivity contribution in [3.05, 3.63) is 58.6 Å². The van der Waals surface area contributed by atoms with E-state index in [2.05, 4.69) is 5.32 Å². The van der Waals surface area contributed by atoms with Gasteiger partial charge in [0, 0.05) is 10.7 Å². The summed E-state index contributed by atoms with van der Waals surface area (Å²) < 4.78 is 0. The first-order valence-electron chi connectivity index (χ1n) is 5.43. The van der Waals surface area contributed by atoms with Crippen LogP contribution in [0, 0.1) is 6.92 Å². The fourth-order valence-corrected chi connectivity index (χ4v) is 1.83. The summed E-state index contributed by atoms with van der Waals surface area (Å²) in [5.41, 5.74) is 2.61. The molecular weight excluding hydrogens is 250 g/mol. The minimum absolute atomic E-state index is 0.158. The molecule has 0 saturated heterocycles. The maximum absolute atomic E-state index is 11.2. The molecule has 0 aliphatic carbocycles. The molecule has 0 radical (unpaired) electrons. The SMILES string of the molecule is Cc1ccccc1Nc1ccc(Cl)cc1C(=O)O. The van der Waals surface area contributed by atoms with Crippen molar-refractivity contribution < 1.29 is 9.90 Å². The van der Waals surface area contributed by atoms with Gasteiger partial charge in [0.05, 0.1) is 11.3 Å². The van der Waals surface area contributed by atoms with Crippen molar-refractivity contribution in [3.63, 3.8) is 0 Å². The maximum atomic E-state index is 11.2. The number of hydrogen-bond acceptors (Lipinski definition) is 2. The van der Waals surface area contributed by atoms with E-state index in [9.17, 15) is 4.79 Å². The highest BCUT2D eigenvalue weighted by molar-refractivity contribution is 6.31. The van der Waals surface area contributed by atoms with Crippen LogP contribution in [0.1, 0.15) is 15.9 Å². The average Bonchev–Trinajstić information content (AvgIpc) is 2.34. The van der Waals surface area contributed by atoms with Crippen molar-refractivity contribution in [1.29, 1.82) is 0 Å². The van der Waals surface area contributed by atoms with Gasteiger partial charge < -0.3 is 10.4 Å². The molecule has 0 aromatic heterocycles. The molecule has 0 aliphatic rings. The number of rotatable bonds is 3. The number of nitrogens with one attached hydrogen (secondary N) is 1. The highest BCUT2D eigenvalue weighted by atomic mass is 35.5. The lowest BCUT2D eigenvalue weighted by molar-refractivity contribution is 0.0698. The highest BCUT2D eigenvalue weighted by Crippen LogP contribution is 2.25. The van der Waals surface area contributed by atoms with Crippen molar-refractivity contribution >= 4 is 28.9 Å². The van der Waals surface area contributed by atoms with Gasteiger partial charge in [-0.15, -0.1) is 0 Å². The highest BCUT2D eigenvalue weighted by Gasteiger charge is 2.11. The summed E-state index contributed by atoms with van der Waals surface area (Å²) in [6.07, 6.45) is 0. The third kappa shape index (κ3) is 2.63. The number of hydrogen-bond donors (Lipinski definition) is 2. The quantitative estimate of drug-likeness (QED) is 0.875. The second-order valence-electron chi connectivity index (χ2n) is 3.93. The van der Waals surface area contributed by atoms with Crippen molar-refractivity contribution in [1.82, 2.24) is 0 Å². The van der Waals surface area contributed by atoms with Crippen molar-refractivity contribution in [2.75, 3.05) is 5.32 Å². The van der Waals surface area contributed by atoms with Crippen LogP contribution in [-0.2, 0) is 0 Å². The lowest BCUT2D eigenvalue weighted by atomic mass is 10.1. The Hall–Kier alpha value is -2.00. The smallest absolute Gasteiger partial charge is 0.337 e. The first-order valence-corrected chi connectivity index (χ1v) is 5.81. The molecule has 0 aliphatic heterocycles. The Balaban J connectivity index is 2.41. The van der Waals surface area contributed by atoms with E-state index in [4.69, 9.17) is 16.7 Å². The van der Waals surface area contributed by atoms with Crippen LogP contribution < -0.4 is 5.32 Å². The lowest BCUT2D eigenvalue weighted by Crippen LogP contribution is -2.03. The van der Waals surface area contributed by atoms with Gasteiger partial charge in [0.15, 0.2) is 0 Å². The molecule has 0 spiro atoms. The van der Waals surface area contributed by atoms with Gasteiger partial charge in [-0.05, 0) is 36.8 Å². The molecule has 2 aromatic carbocycles. The molecule has 0 heterocycles. The number of anilines is 2. The fourth-order valence-electron chi connectivity index (χ4n) is 1.66. The second-order valence-corrected chi connectivity index (χ2v) is 4.37. The number of halogens is 1. The van der Waals surface area contributed by atoms with E-state index in [0.717, 1.165) is 11.3 Å². The standard InChI is InChI=1S/C14H12ClNO2/c1-9-4-2-3-5-12(9)16-13-7-6-10(15)8-11(13)14(17)18/h2-8,16H,1H3,(H,17,18). The maximum Gasteiger partial charge on any atom is 0.337 e. The van der Waals surface area contributed by atoms with Crippen LogP contribution in [0.4, 0.5) is 11.4 Å². The third-order valence-electron chi connectivity index (χ3n) is 2.63. The van der Waals surface area contributed by atoms with Crippen LogP contribution in [0.3, 0.4) is 0 Å². The van der Waals surface area contributed by atoms with E-state index in [0.29, 0.717) is 10.7 Å². The Morgan fingerprint density at radius 1 is 1.17 bits per heavy atom. The molecule has 2 rings (SSSR count). The van der Waals surface area contributed by atoms with Crippen molar-refractivity contribution in [2.24, 2.45) is 0 Å². The van der Waals surface area contributed by atoms with Crippen LogP contribution in [0.5, 0.6) is 0 Å². The largest absolute Gasteiger partial charge is 0.478 e. The van der Waals surface area contributed by atoms with Crippen molar-refractivity contribution in [3.8, 4) is 0 Å². The number of para-hydroxylation sites is 1. The summed E-state index contributed by atoms with van der Waals surface area (Å²) >= 11 is 5.80. The van der Waals surface area contributed by atoms with E-state index in [1.165, 1.54) is 6.07 Å². The lowest BCUT2D eigenvalue weighted by Gasteiger charge is -2.12. The minimum Gasteiger partial charge on any atom is -0.478 e. The Morgan fingerprint density at radius 2 is 1.89 bits per heavy atom. The predicted molar refractivity (Wildman–Crippen MR) is 72.9 cm³/mol. The molecule has 0 atom stereocenters. The number of carbonyl (C=O) groups is 1. The predicted octanol–water partition coefficient (Wildman–Crippen LogP) is 4.09. The van der Waals surface area contributed by atoms with Crippen LogP contribution in [0.15, 0.2) is 42.5 Å². The Labute approximate surface area is 110 Å². The molecule has 0 unspecified atom stereocenters. The van der Waals surface area contributed by atoms with Crippen LogP contribution >= 0.6 is 11.6 Å². The van der Waals surface area contributed by atoms with Crippen LogP contribution in [-0.4, -0.2) is 11.1 Å². The topological polar surface area (TPSA) is 49.3 Å². The molecule has 2 N–H and O–H groups in total. The average molecular weight is 262 g/mol. The van der Waals surface area contributed by atoms with Gasteiger partial charge in [0.1, 0.15) is 0 Å².